The van der Waals surface area contributed by atoms with E-state index < -0.39 is 0 Å². The lowest BCUT2D eigenvalue weighted by molar-refractivity contribution is 1.02. The summed E-state index contributed by atoms with van der Waals surface area (Å²) in [7, 11) is 0. The zero-order chi connectivity index (χ0) is 29.7. The first-order valence-electron chi connectivity index (χ1n) is 14.8. The fourth-order valence-electron chi connectivity index (χ4n) is 6.04. The third kappa shape index (κ3) is 4.46. The molecule has 0 amide bonds. The molecule has 0 spiro atoms. The molecule has 9 aromatic rings. The second kappa shape index (κ2) is 10.6. The van der Waals surface area contributed by atoms with E-state index in [9.17, 15) is 0 Å². The van der Waals surface area contributed by atoms with E-state index in [1.54, 1.807) is 11.3 Å². The summed E-state index contributed by atoms with van der Waals surface area (Å²) in [6.07, 6.45) is 0. The van der Waals surface area contributed by atoms with Crippen molar-refractivity contribution < 1.29 is 0 Å². The van der Waals surface area contributed by atoms with Crippen molar-refractivity contribution in [1.29, 1.82) is 0 Å². The van der Waals surface area contributed by atoms with Crippen LogP contribution in [0.5, 0.6) is 0 Å². The van der Waals surface area contributed by atoms with Crippen molar-refractivity contribution in [3.8, 4) is 22.8 Å². The number of para-hydroxylation sites is 1. The minimum Gasteiger partial charge on any atom is -0.279 e. The molecule has 0 fully saturated rings. The second-order valence-electron chi connectivity index (χ2n) is 10.9. The lowest BCUT2D eigenvalue weighted by Gasteiger charge is -2.24. The highest BCUT2D eigenvalue weighted by Gasteiger charge is 2.21. The van der Waals surface area contributed by atoms with Crippen LogP contribution in [0.15, 0.2) is 146 Å². The minimum absolute atomic E-state index is 0.573. The molecule has 6 aromatic carbocycles. The quantitative estimate of drug-likeness (QED) is 0.194. The van der Waals surface area contributed by atoms with Gasteiger partial charge in [0.2, 0.25) is 5.95 Å². The van der Waals surface area contributed by atoms with Crippen molar-refractivity contribution >= 4 is 80.3 Å². The molecule has 3 heterocycles. The van der Waals surface area contributed by atoms with E-state index in [1.165, 1.54) is 40.3 Å². The van der Waals surface area contributed by atoms with Crippen LogP contribution in [-0.2, 0) is 0 Å². The standard InChI is InChI=1S/C39H24N4S2/c1-3-12-25(13-4-1)37-40-38(32-19-11-18-31-29-17-8-10-21-34(29)45-36(31)32)42-39(41-37)43(26-14-5-2-6-15-26)27-22-23-30-28-16-7-9-20-33(28)44-35(30)24-27/h1-24H. The zero-order valence-electron chi connectivity index (χ0n) is 24.0. The third-order valence-corrected chi connectivity index (χ3v) is 10.5. The molecule has 0 aliphatic rings. The maximum absolute atomic E-state index is 5.24. The third-order valence-electron chi connectivity index (χ3n) is 8.14. The number of thiophene rings is 2. The molecule has 0 N–H and O–H groups in total. The molecule has 0 unspecified atom stereocenters. The summed E-state index contributed by atoms with van der Waals surface area (Å²) >= 11 is 3.59. The van der Waals surface area contributed by atoms with Gasteiger partial charge in [0.05, 0.1) is 5.69 Å². The Morgan fingerprint density at radius 1 is 0.422 bits per heavy atom. The first kappa shape index (κ1) is 26.0. The van der Waals surface area contributed by atoms with Crippen LogP contribution in [0.4, 0.5) is 17.3 Å². The van der Waals surface area contributed by atoms with Crippen molar-refractivity contribution in [3.63, 3.8) is 0 Å². The van der Waals surface area contributed by atoms with Gasteiger partial charge in [-0.1, -0.05) is 103 Å². The fourth-order valence-corrected chi connectivity index (χ4v) is 8.39. The molecular formula is C39H24N4S2. The molecule has 0 aliphatic carbocycles. The number of hydrogen-bond acceptors (Lipinski definition) is 6. The molecule has 6 heteroatoms. The Kier molecular flexibility index (Phi) is 6.14. The Bertz CT molecular complexity index is 2500. The van der Waals surface area contributed by atoms with E-state index in [0.717, 1.165) is 22.5 Å². The monoisotopic (exact) mass is 612 g/mol. The lowest BCUT2D eigenvalue weighted by atomic mass is 10.1. The van der Waals surface area contributed by atoms with Gasteiger partial charge in [-0.05, 0) is 42.5 Å². The summed E-state index contributed by atoms with van der Waals surface area (Å²) in [5.41, 5.74) is 3.92. The van der Waals surface area contributed by atoms with Gasteiger partial charge < -0.3 is 0 Å². The summed E-state index contributed by atoms with van der Waals surface area (Å²) in [5, 5.41) is 5.00. The van der Waals surface area contributed by atoms with Gasteiger partial charge in [-0.25, -0.2) is 4.98 Å². The molecule has 0 saturated heterocycles. The maximum atomic E-state index is 5.24. The Labute approximate surface area is 267 Å². The van der Waals surface area contributed by atoms with E-state index in [2.05, 4.69) is 126 Å². The van der Waals surface area contributed by atoms with Gasteiger partial charge in [0, 0.05) is 57.2 Å². The van der Waals surface area contributed by atoms with E-state index in [4.69, 9.17) is 15.0 Å². The molecule has 4 nitrogen and oxygen atoms in total. The molecule has 45 heavy (non-hydrogen) atoms. The predicted octanol–water partition coefficient (Wildman–Crippen LogP) is 11.4. The van der Waals surface area contributed by atoms with Crippen LogP contribution < -0.4 is 4.90 Å². The number of benzene rings is 6. The molecule has 9 rings (SSSR count). The highest BCUT2D eigenvalue weighted by molar-refractivity contribution is 7.26. The molecule has 3 aromatic heterocycles. The number of aromatic nitrogens is 3. The molecule has 0 atom stereocenters. The van der Waals surface area contributed by atoms with Crippen molar-refractivity contribution in [2.45, 2.75) is 0 Å². The zero-order valence-corrected chi connectivity index (χ0v) is 25.6. The average Bonchev–Trinajstić information content (AvgIpc) is 3.67. The number of nitrogens with zero attached hydrogens (tertiary/aromatic N) is 4. The Morgan fingerprint density at radius 3 is 1.84 bits per heavy atom. The van der Waals surface area contributed by atoms with Gasteiger partial charge in [-0.15, -0.1) is 22.7 Å². The Morgan fingerprint density at radius 2 is 1.04 bits per heavy atom. The van der Waals surface area contributed by atoms with Crippen LogP contribution in [0.2, 0.25) is 0 Å². The Balaban J connectivity index is 1.30. The van der Waals surface area contributed by atoms with E-state index in [0.29, 0.717) is 17.6 Å². The van der Waals surface area contributed by atoms with Crippen LogP contribution in [0.1, 0.15) is 0 Å². The summed E-state index contributed by atoms with van der Waals surface area (Å²) in [6.45, 7) is 0. The molecule has 0 saturated carbocycles. The summed E-state index contributed by atoms with van der Waals surface area (Å²) in [5.74, 6) is 1.86. The van der Waals surface area contributed by atoms with Gasteiger partial charge in [-0.2, -0.15) is 9.97 Å². The highest BCUT2D eigenvalue weighted by Crippen LogP contribution is 2.42. The predicted molar refractivity (Wildman–Crippen MR) is 191 cm³/mol. The first-order valence-corrected chi connectivity index (χ1v) is 16.4. The van der Waals surface area contributed by atoms with Crippen LogP contribution in [0.3, 0.4) is 0 Å². The van der Waals surface area contributed by atoms with E-state index in [-0.39, 0.29) is 0 Å². The van der Waals surface area contributed by atoms with Crippen LogP contribution in [0, 0.1) is 0 Å². The van der Waals surface area contributed by atoms with Gasteiger partial charge in [-0.3, -0.25) is 4.90 Å². The smallest absolute Gasteiger partial charge is 0.238 e. The van der Waals surface area contributed by atoms with Crippen LogP contribution in [-0.4, -0.2) is 15.0 Å². The number of fused-ring (bicyclic) bond motifs is 6. The summed E-state index contributed by atoms with van der Waals surface area (Å²) in [6, 6.07) is 50.7. The van der Waals surface area contributed by atoms with E-state index in [1.807, 2.05) is 35.6 Å². The second-order valence-corrected chi connectivity index (χ2v) is 13.0. The number of anilines is 3. The first-order chi connectivity index (χ1) is 22.3. The van der Waals surface area contributed by atoms with Crippen molar-refractivity contribution in [2.24, 2.45) is 0 Å². The van der Waals surface area contributed by atoms with Crippen molar-refractivity contribution in [3.05, 3.63) is 146 Å². The van der Waals surface area contributed by atoms with Gasteiger partial charge in [0.25, 0.3) is 0 Å². The largest absolute Gasteiger partial charge is 0.279 e. The summed E-state index contributed by atoms with van der Waals surface area (Å²) < 4.78 is 4.93. The van der Waals surface area contributed by atoms with E-state index >= 15 is 0 Å². The molecule has 0 radical (unpaired) electrons. The van der Waals surface area contributed by atoms with Gasteiger partial charge in [0.1, 0.15) is 0 Å². The Hall–Kier alpha value is -5.43. The highest BCUT2D eigenvalue weighted by atomic mass is 32.1. The van der Waals surface area contributed by atoms with Gasteiger partial charge in [0.15, 0.2) is 11.6 Å². The van der Waals surface area contributed by atoms with Crippen molar-refractivity contribution in [1.82, 2.24) is 15.0 Å². The van der Waals surface area contributed by atoms with Gasteiger partial charge >= 0.3 is 0 Å². The molecule has 212 valence electrons. The number of rotatable bonds is 5. The van der Waals surface area contributed by atoms with Crippen molar-refractivity contribution in [2.75, 3.05) is 4.90 Å². The fraction of sp³-hybridized carbons (Fsp3) is 0. The number of hydrogen-bond donors (Lipinski definition) is 0. The summed E-state index contributed by atoms with van der Waals surface area (Å²) in [4.78, 5) is 17.6. The normalized spacial score (nSPS) is 11.6. The molecule has 0 aliphatic heterocycles. The van der Waals surface area contributed by atoms with Crippen LogP contribution >= 0.6 is 22.7 Å². The van der Waals surface area contributed by atoms with Crippen LogP contribution in [0.25, 0.3) is 63.1 Å². The minimum atomic E-state index is 0.573. The topological polar surface area (TPSA) is 41.9 Å². The molecular weight excluding hydrogens is 589 g/mol. The lowest BCUT2D eigenvalue weighted by Crippen LogP contribution is -2.15. The SMILES string of the molecule is c1ccc(-c2nc(-c3cccc4c3sc3ccccc34)nc(N(c3ccccc3)c3ccc4c(c3)sc3ccccc34)n2)cc1. The maximum Gasteiger partial charge on any atom is 0.238 e. The average molecular weight is 613 g/mol. The molecule has 0 bridgehead atoms.